The second-order valence-corrected chi connectivity index (χ2v) is 9.06. The first-order chi connectivity index (χ1) is 14.2. The van der Waals surface area contributed by atoms with Gasteiger partial charge in [0.2, 0.25) is 0 Å². The number of ether oxygens (including phenoxy) is 3. The number of aliphatic hydroxyl groups excluding tert-OH is 1. The second-order valence-electron chi connectivity index (χ2n) is 8.55. The van der Waals surface area contributed by atoms with Crippen LogP contribution in [0.1, 0.15) is 33.9 Å². The summed E-state index contributed by atoms with van der Waals surface area (Å²) in [6, 6.07) is 1.91. The van der Waals surface area contributed by atoms with Gasteiger partial charge in [0, 0.05) is 17.8 Å². The van der Waals surface area contributed by atoms with Crippen LogP contribution in [0.5, 0.6) is 0 Å². The van der Waals surface area contributed by atoms with E-state index in [-0.39, 0.29) is 11.8 Å². The van der Waals surface area contributed by atoms with Gasteiger partial charge in [0.05, 0.1) is 17.8 Å². The van der Waals surface area contributed by atoms with Gasteiger partial charge in [0.25, 0.3) is 0 Å². The third-order valence-corrected chi connectivity index (χ3v) is 6.72. The molecule has 2 aromatic rings. The molecule has 0 amide bonds. The normalized spacial score (nSPS) is 32.4. The first-order valence-corrected chi connectivity index (χ1v) is 10.5. The molecule has 2 fully saturated rings. The number of nitrogens with zero attached hydrogens (tertiary/aromatic N) is 3. The first-order valence-electron chi connectivity index (χ1n) is 10.1. The summed E-state index contributed by atoms with van der Waals surface area (Å²) < 4.78 is 33.0. The molecule has 2 saturated heterocycles. The van der Waals surface area contributed by atoms with E-state index in [0.717, 1.165) is 5.39 Å². The Hall–Kier alpha value is -1.58. The number of aromatic nitrogens is 3. The van der Waals surface area contributed by atoms with E-state index >= 15 is 0 Å². The van der Waals surface area contributed by atoms with Crippen LogP contribution >= 0.6 is 11.6 Å². The molecule has 0 aromatic carbocycles. The van der Waals surface area contributed by atoms with E-state index in [1.807, 2.05) is 44.5 Å². The number of allylic oxidation sites excluding steroid dienone is 1. The van der Waals surface area contributed by atoms with Gasteiger partial charge >= 0.3 is 0 Å². The first kappa shape index (κ1) is 21.6. The highest BCUT2D eigenvalue weighted by molar-refractivity contribution is 6.21. The van der Waals surface area contributed by atoms with E-state index in [4.69, 9.17) is 25.8 Å². The molecule has 0 radical (unpaired) electrons. The molecule has 2 aliphatic heterocycles. The summed E-state index contributed by atoms with van der Waals surface area (Å²) in [5.74, 6) is -1.27. The Morgan fingerprint density at radius 2 is 2.00 bits per heavy atom. The Bertz CT molecular complexity index is 923. The van der Waals surface area contributed by atoms with Crippen molar-refractivity contribution in [2.75, 3.05) is 0 Å². The van der Waals surface area contributed by atoms with Crippen LogP contribution in [0.2, 0.25) is 0 Å². The smallest absolute Gasteiger partial charge is 0.164 e. The van der Waals surface area contributed by atoms with Gasteiger partial charge in [-0.3, -0.25) is 0 Å². The van der Waals surface area contributed by atoms with Crippen LogP contribution in [0.25, 0.3) is 11.0 Å². The van der Waals surface area contributed by atoms with E-state index in [0.29, 0.717) is 12.0 Å². The third kappa shape index (κ3) is 3.76. The molecular formula is C21H27ClFN3O4. The lowest BCUT2D eigenvalue weighted by Crippen LogP contribution is -2.44. The van der Waals surface area contributed by atoms with Gasteiger partial charge in [-0.15, -0.1) is 11.6 Å². The van der Waals surface area contributed by atoms with Crippen LogP contribution in [-0.2, 0) is 14.2 Å². The SMILES string of the molecule is C[C@H]([C@H](O)[C@H]1O[C@@H](n2ccc3cncnc32)[C@@H]2OC(C)(C)O[C@H]12)[C@@H](C)C(Cl)/C=C/F. The number of hydrogen-bond acceptors (Lipinski definition) is 6. The number of halogens is 2. The summed E-state index contributed by atoms with van der Waals surface area (Å²) in [5.41, 5.74) is 0.715. The zero-order chi connectivity index (χ0) is 21.6. The van der Waals surface area contributed by atoms with Gasteiger partial charge in [-0.25, -0.2) is 14.4 Å². The Morgan fingerprint density at radius 1 is 1.27 bits per heavy atom. The number of fused-ring (bicyclic) bond motifs is 2. The molecule has 1 N–H and O–H groups in total. The fourth-order valence-corrected chi connectivity index (χ4v) is 4.64. The fourth-order valence-electron chi connectivity index (χ4n) is 4.36. The van der Waals surface area contributed by atoms with Crippen molar-refractivity contribution < 1.29 is 23.7 Å². The topological polar surface area (TPSA) is 78.6 Å². The highest BCUT2D eigenvalue weighted by Gasteiger charge is 2.58. The van der Waals surface area contributed by atoms with E-state index in [1.54, 1.807) is 6.20 Å². The van der Waals surface area contributed by atoms with Crippen LogP contribution in [0, 0.1) is 11.8 Å². The second kappa shape index (κ2) is 8.16. The van der Waals surface area contributed by atoms with Gasteiger partial charge < -0.3 is 23.9 Å². The molecule has 0 spiro atoms. The zero-order valence-electron chi connectivity index (χ0n) is 17.4. The molecule has 2 aromatic heterocycles. The van der Waals surface area contributed by atoms with Crippen molar-refractivity contribution in [3.63, 3.8) is 0 Å². The highest BCUT2D eigenvalue weighted by atomic mass is 35.5. The van der Waals surface area contributed by atoms with Crippen molar-refractivity contribution in [3.05, 3.63) is 37.2 Å². The van der Waals surface area contributed by atoms with Crippen molar-refractivity contribution in [3.8, 4) is 0 Å². The molecule has 8 atom stereocenters. The maximum atomic E-state index is 12.6. The quantitative estimate of drug-likeness (QED) is 0.693. The molecule has 0 bridgehead atoms. The monoisotopic (exact) mass is 439 g/mol. The maximum Gasteiger partial charge on any atom is 0.164 e. The molecule has 0 aliphatic carbocycles. The molecule has 0 saturated carbocycles. The number of alkyl halides is 1. The summed E-state index contributed by atoms with van der Waals surface area (Å²) in [6.07, 6.45) is 3.84. The maximum absolute atomic E-state index is 12.6. The Kier molecular flexibility index (Phi) is 5.89. The molecule has 1 unspecified atom stereocenters. The van der Waals surface area contributed by atoms with Crippen molar-refractivity contribution in [1.29, 1.82) is 0 Å². The molecule has 4 heterocycles. The summed E-state index contributed by atoms with van der Waals surface area (Å²) in [6.45, 7) is 7.44. The molecule has 4 rings (SSSR count). The Balaban J connectivity index is 1.63. The summed E-state index contributed by atoms with van der Waals surface area (Å²) >= 11 is 6.26. The standard InChI is InChI=1S/C21H27ClFN3O4/c1-11(14(22)5-7-23)12(2)15(27)16-17-18(30-21(3,4)29-17)20(28-16)26-8-6-13-9-24-10-25-19(13)26/h5-12,14-18,20,27H,1-4H3/b7-5+/t11-,12+,14?,15+,16-,17-,18-,20-/m1/s1. The summed E-state index contributed by atoms with van der Waals surface area (Å²) in [5, 5.41) is 11.5. The van der Waals surface area contributed by atoms with Crippen molar-refractivity contribution in [2.45, 2.75) is 69.5 Å². The van der Waals surface area contributed by atoms with Crippen LogP contribution in [0.3, 0.4) is 0 Å². The lowest BCUT2D eigenvalue weighted by Gasteiger charge is -2.33. The van der Waals surface area contributed by atoms with Gasteiger partial charge in [-0.05, 0) is 37.8 Å². The predicted molar refractivity (Wildman–Crippen MR) is 109 cm³/mol. The summed E-state index contributed by atoms with van der Waals surface area (Å²) in [4.78, 5) is 8.42. The number of hydrogen-bond donors (Lipinski definition) is 1. The average Bonchev–Trinajstić information content (AvgIpc) is 3.36. The van der Waals surface area contributed by atoms with Gasteiger partial charge in [0.1, 0.15) is 30.3 Å². The van der Waals surface area contributed by atoms with Crippen LogP contribution < -0.4 is 0 Å². The Morgan fingerprint density at radius 3 is 2.73 bits per heavy atom. The molecule has 7 nitrogen and oxygen atoms in total. The minimum Gasteiger partial charge on any atom is -0.390 e. The minimum absolute atomic E-state index is 0.190. The molecule has 30 heavy (non-hydrogen) atoms. The lowest BCUT2D eigenvalue weighted by atomic mass is 9.84. The van der Waals surface area contributed by atoms with Crippen LogP contribution in [0.15, 0.2) is 37.2 Å². The zero-order valence-corrected chi connectivity index (χ0v) is 18.1. The van der Waals surface area contributed by atoms with Crippen molar-refractivity contribution in [2.24, 2.45) is 11.8 Å². The lowest BCUT2D eigenvalue weighted by molar-refractivity contribution is -0.210. The van der Waals surface area contributed by atoms with Crippen molar-refractivity contribution in [1.82, 2.24) is 14.5 Å². The minimum atomic E-state index is -0.888. The van der Waals surface area contributed by atoms with Crippen LogP contribution in [-0.4, -0.2) is 55.2 Å². The molecular weight excluding hydrogens is 413 g/mol. The van der Waals surface area contributed by atoms with E-state index in [2.05, 4.69) is 9.97 Å². The van der Waals surface area contributed by atoms with E-state index < -0.39 is 41.8 Å². The Labute approximate surface area is 179 Å². The highest BCUT2D eigenvalue weighted by Crippen LogP contribution is 2.46. The fraction of sp³-hybridized carbons (Fsp3) is 0.619. The van der Waals surface area contributed by atoms with Gasteiger partial charge in [-0.2, -0.15) is 0 Å². The number of rotatable bonds is 6. The largest absolute Gasteiger partial charge is 0.390 e. The van der Waals surface area contributed by atoms with E-state index in [1.165, 1.54) is 12.4 Å². The van der Waals surface area contributed by atoms with Gasteiger partial charge in [-0.1, -0.05) is 13.8 Å². The molecule has 2 aliphatic rings. The average molecular weight is 440 g/mol. The third-order valence-electron chi connectivity index (χ3n) is 6.18. The molecule has 164 valence electrons. The predicted octanol–water partition coefficient (Wildman–Crippen LogP) is 3.57. The summed E-state index contributed by atoms with van der Waals surface area (Å²) in [7, 11) is 0. The molecule has 9 heteroatoms. The van der Waals surface area contributed by atoms with Crippen molar-refractivity contribution >= 4 is 22.6 Å². The van der Waals surface area contributed by atoms with E-state index in [9.17, 15) is 9.50 Å². The number of aliphatic hydroxyl groups is 1. The van der Waals surface area contributed by atoms with Crippen LogP contribution in [0.4, 0.5) is 4.39 Å². The van der Waals surface area contributed by atoms with Gasteiger partial charge in [0.15, 0.2) is 12.0 Å².